The molecule has 1 aromatic heterocycles. The minimum atomic E-state index is 0.621. The molecule has 8 aromatic carbocycles. The Labute approximate surface area is 283 Å². The molecule has 226 valence electrons. The Hall–Kier alpha value is -6.94. The lowest BCUT2D eigenvalue weighted by Crippen LogP contribution is -2.00. The number of nitriles is 2. The Bertz CT molecular complexity index is 2790. The minimum Gasteiger partial charge on any atom is -0.309 e. The third-order valence-corrected chi connectivity index (χ3v) is 9.67. The summed E-state index contributed by atoms with van der Waals surface area (Å²) < 4.78 is 2.29. The Morgan fingerprint density at radius 1 is 0.388 bits per heavy atom. The Balaban J connectivity index is 1.41. The van der Waals surface area contributed by atoms with Gasteiger partial charge in [0.05, 0.1) is 40.0 Å². The van der Waals surface area contributed by atoms with Gasteiger partial charge in [-0.1, -0.05) is 127 Å². The maximum atomic E-state index is 10.7. The van der Waals surface area contributed by atoms with Crippen LogP contribution >= 0.6 is 0 Å². The molecule has 49 heavy (non-hydrogen) atoms. The molecule has 0 aliphatic heterocycles. The van der Waals surface area contributed by atoms with Gasteiger partial charge in [-0.25, -0.2) is 0 Å². The van der Waals surface area contributed by atoms with Gasteiger partial charge in [-0.2, -0.15) is 10.5 Å². The molecule has 0 spiro atoms. The van der Waals surface area contributed by atoms with Crippen molar-refractivity contribution in [3.63, 3.8) is 0 Å². The van der Waals surface area contributed by atoms with Crippen LogP contribution in [-0.4, -0.2) is 4.57 Å². The van der Waals surface area contributed by atoms with Gasteiger partial charge < -0.3 is 4.57 Å². The van der Waals surface area contributed by atoms with Crippen molar-refractivity contribution < 1.29 is 0 Å². The van der Waals surface area contributed by atoms with Crippen LogP contribution in [0.2, 0.25) is 0 Å². The number of rotatable bonds is 4. The van der Waals surface area contributed by atoms with Gasteiger partial charge in [-0.3, -0.25) is 0 Å². The lowest BCUT2D eigenvalue weighted by molar-refractivity contribution is 1.18. The van der Waals surface area contributed by atoms with Crippen molar-refractivity contribution in [1.82, 2.24) is 4.57 Å². The monoisotopic (exact) mass is 621 g/mol. The second-order valence-electron chi connectivity index (χ2n) is 12.3. The summed E-state index contributed by atoms with van der Waals surface area (Å²) in [6, 6.07) is 61.3. The molecule has 9 rings (SSSR count). The quantitative estimate of drug-likeness (QED) is 0.184. The van der Waals surface area contributed by atoms with Gasteiger partial charge in [0.15, 0.2) is 0 Å². The smallest absolute Gasteiger partial charge is 0.0998 e. The maximum Gasteiger partial charge on any atom is 0.0998 e. The molecule has 0 N–H and O–H groups in total. The maximum absolute atomic E-state index is 10.7. The molecule has 0 aliphatic rings. The van der Waals surface area contributed by atoms with Gasteiger partial charge in [-0.15, -0.1) is 0 Å². The molecule has 9 aromatic rings. The fourth-order valence-electron chi connectivity index (χ4n) is 7.65. The summed E-state index contributed by atoms with van der Waals surface area (Å²) in [5, 5.41) is 27.1. The molecule has 0 unspecified atom stereocenters. The van der Waals surface area contributed by atoms with E-state index >= 15 is 0 Å². The van der Waals surface area contributed by atoms with Crippen molar-refractivity contribution >= 4 is 43.4 Å². The van der Waals surface area contributed by atoms with E-state index in [1.165, 1.54) is 5.56 Å². The van der Waals surface area contributed by atoms with Gasteiger partial charge in [0, 0.05) is 21.9 Å². The van der Waals surface area contributed by atoms with E-state index in [-0.39, 0.29) is 0 Å². The van der Waals surface area contributed by atoms with Gasteiger partial charge in [-0.05, 0) is 80.2 Å². The average molecular weight is 622 g/mol. The Morgan fingerprint density at radius 3 is 1.65 bits per heavy atom. The molecule has 0 atom stereocenters. The van der Waals surface area contributed by atoms with Crippen molar-refractivity contribution in [3.8, 4) is 51.2 Å². The topological polar surface area (TPSA) is 52.5 Å². The SMILES string of the molecule is N#Cc1ccc2c(c1)c1ccccc1n2-c1ccccc1-c1cccc(C#N)c1-c1c2ccccc2c(-c2ccccc2)c2ccccc12. The minimum absolute atomic E-state index is 0.621. The number of para-hydroxylation sites is 2. The van der Waals surface area contributed by atoms with E-state index in [0.717, 1.165) is 76.9 Å². The Morgan fingerprint density at radius 2 is 0.959 bits per heavy atom. The van der Waals surface area contributed by atoms with E-state index in [4.69, 9.17) is 0 Å². The molecule has 1 heterocycles. The van der Waals surface area contributed by atoms with Crippen LogP contribution in [0.5, 0.6) is 0 Å². The third kappa shape index (κ3) is 4.35. The number of nitrogens with zero attached hydrogens (tertiary/aromatic N) is 3. The highest BCUT2D eigenvalue weighted by atomic mass is 15.0. The second-order valence-corrected chi connectivity index (χ2v) is 12.3. The molecule has 0 fully saturated rings. The highest BCUT2D eigenvalue weighted by molar-refractivity contribution is 6.23. The largest absolute Gasteiger partial charge is 0.309 e. The standard InChI is InChI=1S/C46H27N3/c47-28-30-25-26-43-40(27-30)34-17-9-11-24-42(34)49(43)41-23-10-8-16-33(41)35-22-12-15-32(29-48)45(35)46-38-20-6-4-18-36(38)44(31-13-2-1-3-14-31)37-19-5-7-21-39(37)46/h1-27H. The van der Waals surface area contributed by atoms with E-state index in [9.17, 15) is 10.5 Å². The lowest BCUT2D eigenvalue weighted by Gasteiger charge is -2.22. The lowest BCUT2D eigenvalue weighted by atomic mass is 9.82. The predicted molar refractivity (Wildman–Crippen MR) is 202 cm³/mol. The van der Waals surface area contributed by atoms with E-state index in [0.29, 0.717) is 11.1 Å². The van der Waals surface area contributed by atoms with Crippen LogP contribution in [0.25, 0.3) is 82.4 Å². The molecular formula is C46H27N3. The van der Waals surface area contributed by atoms with Crippen molar-refractivity contribution in [2.75, 3.05) is 0 Å². The molecule has 0 saturated carbocycles. The van der Waals surface area contributed by atoms with Crippen LogP contribution < -0.4 is 0 Å². The second kappa shape index (κ2) is 11.4. The summed E-state index contributed by atoms with van der Waals surface area (Å²) in [6.07, 6.45) is 0. The first-order valence-corrected chi connectivity index (χ1v) is 16.3. The number of hydrogen-bond acceptors (Lipinski definition) is 2. The van der Waals surface area contributed by atoms with Crippen LogP contribution in [0.4, 0.5) is 0 Å². The van der Waals surface area contributed by atoms with Crippen LogP contribution in [-0.2, 0) is 0 Å². The van der Waals surface area contributed by atoms with Crippen LogP contribution in [0.1, 0.15) is 11.1 Å². The molecule has 0 bridgehead atoms. The van der Waals surface area contributed by atoms with Crippen LogP contribution in [0.15, 0.2) is 164 Å². The van der Waals surface area contributed by atoms with Crippen molar-refractivity contribution in [2.24, 2.45) is 0 Å². The van der Waals surface area contributed by atoms with Crippen molar-refractivity contribution in [2.45, 2.75) is 0 Å². The summed E-state index contributed by atoms with van der Waals surface area (Å²) in [5.41, 5.74) is 10.6. The predicted octanol–water partition coefficient (Wildman–Crippen LogP) is 11.8. The average Bonchev–Trinajstić information content (AvgIpc) is 3.50. The van der Waals surface area contributed by atoms with Gasteiger partial charge in [0.2, 0.25) is 0 Å². The molecule has 0 radical (unpaired) electrons. The summed E-state index contributed by atoms with van der Waals surface area (Å²) in [7, 11) is 0. The van der Waals surface area contributed by atoms with Crippen LogP contribution in [0.3, 0.4) is 0 Å². The fourth-order valence-corrected chi connectivity index (χ4v) is 7.65. The molecule has 3 nitrogen and oxygen atoms in total. The summed E-state index contributed by atoms with van der Waals surface area (Å²) in [6.45, 7) is 0. The molecule has 0 aliphatic carbocycles. The zero-order chi connectivity index (χ0) is 32.9. The number of benzene rings is 8. The number of fused-ring (bicyclic) bond motifs is 5. The summed E-state index contributed by atoms with van der Waals surface area (Å²) in [4.78, 5) is 0. The van der Waals surface area contributed by atoms with Gasteiger partial charge in [0.1, 0.15) is 0 Å². The van der Waals surface area contributed by atoms with E-state index in [1.807, 2.05) is 36.4 Å². The zero-order valence-corrected chi connectivity index (χ0v) is 26.4. The van der Waals surface area contributed by atoms with Crippen molar-refractivity contribution in [3.05, 3.63) is 175 Å². The van der Waals surface area contributed by atoms with E-state index in [2.05, 4.69) is 144 Å². The first-order chi connectivity index (χ1) is 24.3. The highest BCUT2D eigenvalue weighted by Gasteiger charge is 2.23. The number of aromatic nitrogens is 1. The number of hydrogen-bond donors (Lipinski definition) is 0. The molecule has 3 heteroatoms. The van der Waals surface area contributed by atoms with Crippen LogP contribution in [0, 0.1) is 22.7 Å². The molecule has 0 amide bonds. The fraction of sp³-hybridized carbons (Fsp3) is 0. The highest BCUT2D eigenvalue weighted by Crippen LogP contribution is 2.48. The summed E-state index contributed by atoms with van der Waals surface area (Å²) in [5.74, 6) is 0. The molecule has 0 saturated heterocycles. The first kappa shape index (κ1) is 28.3. The third-order valence-electron chi connectivity index (χ3n) is 9.67. The van der Waals surface area contributed by atoms with Gasteiger partial charge >= 0.3 is 0 Å². The first-order valence-electron chi connectivity index (χ1n) is 16.3. The van der Waals surface area contributed by atoms with E-state index in [1.54, 1.807) is 0 Å². The Kier molecular flexibility index (Phi) is 6.58. The van der Waals surface area contributed by atoms with E-state index < -0.39 is 0 Å². The van der Waals surface area contributed by atoms with Crippen molar-refractivity contribution in [1.29, 1.82) is 10.5 Å². The molecular weight excluding hydrogens is 595 g/mol. The zero-order valence-electron chi connectivity index (χ0n) is 26.4. The van der Waals surface area contributed by atoms with Gasteiger partial charge in [0.25, 0.3) is 0 Å². The normalized spacial score (nSPS) is 11.2. The summed E-state index contributed by atoms with van der Waals surface area (Å²) >= 11 is 0.